The van der Waals surface area contributed by atoms with Gasteiger partial charge in [-0.25, -0.2) is 14.4 Å². The molecule has 7 aliphatic heterocycles. The summed E-state index contributed by atoms with van der Waals surface area (Å²) < 4.78 is 22.3. The number of nitro groups is 2. The number of benzene rings is 10. The van der Waals surface area contributed by atoms with Crippen LogP contribution < -0.4 is 69.6 Å². The SMILES string of the molecule is CNc1ccc(CC[C@@H](O)CN2C(=O)c3ccccc3C2=O)cc1.CNc1ccc(N)cc1.CNc1ccc(N2C[C@H](CCC(=O)c3ccc(Cl)s3)OC2=O)cc1.CNc1ccc(N2C[C@H](CN)OC2=O)cc1.CNc1ccc(N2C[C@H](CN3C(=O)c4ccccc4C3=O)OC2=O)cc1.CNc1ccc([N+](=O)[O-])cc1.Clc1cccs1.NN=NO.Nc1ccc([N+](=O)[O-])cc1.O=C1c2ccccc2C(=O)N1C[C@H]1CO1.O=C=O.[HH]. The van der Waals surface area contributed by atoms with Gasteiger partial charge in [0.25, 0.3) is 46.8 Å². The van der Waals surface area contributed by atoms with Gasteiger partial charge in [0.05, 0.1) is 115 Å². The van der Waals surface area contributed by atoms with Crippen LogP contribution in [0.25, 0.3) is 0 Å². The molecule has 0 radical (unpaired) electrons. The van der Waals surface area contributed by atoms with Gasteiger partial charge < -0.3 is 84.2 Å². The fraction of sp³-hybridized carbons (Fsp3) is 0.225. The van der Waals surface area contributed by atoms with Crippen LogP contribution in [0.3, 0.4) is 0 Å². The summed E-state index contributed by atoms with van der Waals surface area (Å²) in [5, 5.41) is 62.2. The van der Waals surface area contributed by atoms with Gasteiger partial charge in [0.2, 0.25) is 0 Å². The van der Waals surface area contributed by atoms with E-state index in [-0.39, 0.29) is 110 Å². The number of aliphatic hydroxyl groups is 1. The van der Waals surface area contributed by atoms with E-state index < -0.39 is 28.1 Å². The number of thiophene rings is 2. The van der Waals surface area contributed by atoms with Crippen LogP contribution in [0.5, 0.6) is 0 Å². The van der Waals surface area contributed by atoms with E-state index in [2.05, 4.69) is 48.2 Å². The summed E-state index contributed by atoms with van der Waals surface area (Å²) in [5.74, 6) is 2.51. The van der Waals surface area contributed by atoms with Gasteiger partial charge >= 0.3 is 24.4 Å². The van der Waals surface area contributed by atoms with E-state index in [1.54, 1.807) is 125 Å². The zero-order valence-corrected chi connectivity index (χ0v) is 83.9. The minimum Gasteiger partial charge on any atom is -0.444 e. The molecule has 19 rings (SSSR count). The molecule has 776 valence electrons. The normalized spacial score (nSPS) is 15.5. The maximum Gasteiger partial charge on any atom is 0.414 e. The first-order valence-electron chi connectivity index (χ1n) is 45.3. The minimum atomic E-state index is -0.740. The van der Waals surface area contributed by atoms with Crippen LogP contribution in [0.2, 0.25) is 8.67 Å². The molecule has 7 aliphatic rings. The zero-order valence-electron chi connectivity index (χ0n) is 80.8. The number of carbonyl (C=O) groups excluding carboxylic acids is 12. The fourth-order valence-corrected chi connectivity index (χ4v) is 16.1. The highest BCUT2D eigenvalue weighted by atomic mass is 35.5. The number of aliphatic hydroxyl groups excluding tert-OH is 1. The molecule has 46 heteroatoms. The van der Waals surface area contributed by atoms with Gasteiger partial charge in [-0.15, -0.1) is 22.7 Å². The maximum absolute atomic E-state index is 12.4. The van der Waals surface area contributed by atoms with Crippen molar-refractivity contribution in [3.05, 3.63) is 345 Å². The summed E-state index contributed by atoms with van der Waals surface area (Å²) in [6, 6.07) is 77.7. The molecule has 10 aromatic carbocycles. The summed E-state index contributed by atoms with van der Waals surface area (Å²) in [5.41, 5.74) is 29.7. The van der Waals surface area contributed by atoms with Gasteiger partial charge in [0, 0.05) is 149 Å². The van der Waals surface area contributed by atoms with Crippen LogP contribution in [-0.4, -0.2) is 226 Å². The molecule has 0 saturated carbocycles. The smallest absolute Gasteiger partial charge is 0.414 e. The summed E-state index contributed by atoms with van der Waals surface area (Å²) >= 11 is 14.1. The minimum absolute atomic E-state index is 0. The zero-order chi connectivity index (χ0) is 107. The molecular formula is C102H110Cl2N20O22S2. The van der Waals surface area contributed by atoms with Crippen molar-refractivity contribution in [2.24, 2.45) is 22.1 Å². The Labute approximate surface area is 869 Å². The number of ether oxygens (including phenoxy) is 4. The number of nitro benzene ring substituents is 2. The summed E-state index contributed by atoms with van der Waals surface area (Å²) in [4.78, 5) is 165. The summed E-state index contributed by atoms with van der Waals surface area (Å²) in [7, 11) is 11.0. The quantitative estimate of drug-likeness (QED) is 0.00291. The first-order chi connectivity index (χ1) is 71.2. The molecule has 42 nitrogen and oxygen atoms in total. The molecule has 0 aliphatic carbocycles. The Kier molecular flexibility index (Phi) is 44.7. The van der Waals surface area contributed by atoms with Crippen molar-refractivity contribution in [2.75, 3.05) is 153 Å². The summed E-state index contributed by atoms with van der Waals surface area (Å²) in [6.07, 6.45) is -0.637. The van der Waals surface area contributed by atoms with E-state index in [0.717, 1.165) is 70.9 Å². The Hall–Kier alpha value is -17.3. The molecule has 9 amide bonds. The molecule has 148 heavy (non-hydrogen) atoms. The highest BCUT2D eigenvalue weighted by Gasteiger charge is 2.43. The third-order valence-corrected chi connectivity index (χ3v) is 24.6. The largest absolute Gasteiger partial charge is 0.444 e. The first kappa shape index (κ1) is 114. The highest BCUT2D eigenvalue weighted by Crippen LogP contribution is 2.33. The van der Waals surface area contributed by atoms with Crippen LogP contribution in [0.4, 0.5) is 88.3 Å². The van der Waals surface area contributed by atoms with E-state index in [1.807, 2.05) is 174 Å². The number of imide groups is 3. The molecule has 4 fully saturated rings. The van der Waals surface area contributed by atoms with Crippen molar-refractivity contribution in [2.45, 2.75) is 56.2 Å². The number of ketones is 1. The topological polar surface area (TPSA) is 592 Å². The highest BCUT2D eigenvalue weighted by molar-refractivity contribution is 7.18. The maximum atomic E-state index is 12.4. The average Bonchev–Trinajstić information content (AvgIpc) is 1.63. The number of hydrogen-bond acceptors (Lipinski definition) is 34. The number of nitrogens with one attached hydrogen (secondary N) is 6. The number of nitrogens with zero attached hydrogens (tertiary/aromatic N) is 10. The monoisotopic (exact) mass is 2100 g/mol. The molecule has 0 bridgehead atoms. The second kappa shape index (κ2) is 57.9. The fourth-order valence-electron chi connectivity index (χ4n) is 14.4. The van der Waals surface area contributed by atoms with Crippen molar-refractivity contribution in [3.8, 4) is 0 Å². The number of nitrogen functional groups attached to an aromatic ring is 2. The number of carbonyl (C=O) groups is 10. The number of fused-ring (bicyclic) bond motifs is 3. The van der Waals surface area contributed by atoms with Crippen LogP contribution in [0.15, 0.2) is 283 Å². The number of nitrogens with two attached hydrogens (primary N) is 4. The molecule has 5 atom stereocenters. The molecular weight excluding hydrogens is 1990 g/mol. The standard InChI is InChI=1S/C19H17N3O4.C19H20N2O3.C17H17ClN2O3S.C11H15N3O2.C11H9NO3.C7H8N2O2.C7H10N2.C6H6N2O2.C4H3ClS.CO2.H3N3O.H2/c1-20-12-6-8-13(9-7-12)21-10-14(26-19(21)25)11-22-17(23)15-4-2-3-5-16(15)18(22)24;1-20-14-9-6-13(7-10-14)8-11-15(22)12-21-18(23)16-4-2-3-5-17(16)19(21)24;1-19-11-2-4-12(5-3-11)20-10-13(23-17(20)22)6-7-14(21)15-8-9-16(18)24-15;1-13-8-2-4-9(5-3-8)14-7-10(6-12)16-11(14)15;13-10-8-3-1-2-4-9(8)11(14)12(10)5-7-6-15-7;1-8-6-2-4-7(5-3-6)9(10)11;1-9-7-4-2-6(8)3-5-7;7-5-1-3-6(4-2-5)8(9)10;5-4-2-1-3-6-4;2-1-3;1-2-3-4;/h2-9,14,20H,10-11H2,1H3;2-7,9-10,15,20,22H,8,11-12H2,1H3;2-5,8-9,13,19H,6-7,10H2,1H3;2-5,10,13H,6-7,12H2,1H3;1-4,7H,5-6H2;2-5,8H,1H3;2-5,9H,8H2,1H3;1-4H,7H2;1-3H;;(H2,1,3)(H,2,4);1H/t14-;15-;13-;10-;7-;;;;;;;/m11000......./s1. The molecule has 2 aromatic heterocycles. The van der Waals surface area contributed by atoms with Gasteiger partial charge in [-0.3, -0.25) is 83.2 Å². The second-order valence-electron chi connectivity index (χ2n) is 31.9. The molecule has 16 N–H and O–H groups in total. The average molecular weight is 2100 g/mol. The van der Waals surface area contributed by atoms with Crippen LogP contribution >= 0.6 is 45.9 Å². The number of Topliss-reactive ketones (excluding diaryl/α,β-unsaturated/α-hetero) is 1. The number of anilines is 11. The number of epoxide rings is 1. The Morgan fingerprint density at radius 2 is 0.784 bits per heavy atom. The van der Waals surface area contributed by atoms with Gasteiger partial charge in [0.1, 0.15) is 18.3 Å². The van der Waals surface area contributed by atoms with Crippen molar-refractivity contribution < 1.29 is 98.1 Å². The summed E-state index contributed by atoms with van der Waals surface area (Å²) in [6.45, 7) is 2.72. The van der Waals surface area contributed by atoms with Crippen molar-refractivity contribution in [1.82, 2.24) is 14.7 Å². The number of aryl methyl sites for hydroxylation is 1. The van der Waals surface area contributed by atoms with E-state index in [9.17, 15) is 73.3 Å². The third kappa shape index (κ3) is 33.7. The predicted molar refractivity (Wildman–Crippen MR) is 566 cm³/mol. The van der Waals surface area contributed by atoms with Gasteiger partial charge in [-0.05, 0) is 230 Å². The van der Waals surface area contributed by atoms with Gasteiger partial charge in [-0.2, -0.15) is 9.59 Å². The lowest BCUT2D eigenvalue weighted by molar-refractivity contribution is -0.385. The van der Waals surface area contributed by atoms with Crippen molar-refractivity contribution >= 4 is 185 Å². The lowest BCUT2D eigenvalue weighted by atomic mass is 10.1. The Balaban J connectivity index is 0.000000208. The Bertz CT molecular complexity index is 6440. The van der Waals surface area contributed by atoms with Crippen LogP contribution in [-0.2, 0) is 35.0 Å². The number of amides is 9. The number of non-ortho nitro benzene ring substituents is 2. The number of β-amino-alcohol motifs (C(OH)–C–C–N with tert-alkyl or cyclic N) is 1. The van der Waals surface area contributed by atoms with E-state index in [0.29, 0.717) is 112 Å². The number of hydrogen-bond donors (Lipinski definition) is 12. The molecule has 12 aromatic rings. The third-order valence-electron chi connectivity index (χ3n) is 22.2. The number of halogens is 2. The predicted octanol–water partition coefficient (Wildman–Crippen LogP) is 16.7. The molecule has 0 unspecified atom stereocenters. The number of rotatable bonds is 25. The van der Waals surface area contributed by atoms with E-state index in [4.69, 9.17) is 74.1 Å². The molecule has 9 heterocycles. The van der Waals surface area contributed by atoms with Crippen LogP contribution in [0, 0.1) is 20.2 Å². The van der Waals surface area contributed by atoms with E-state index >= 15 is 0 Å². The molecule has 0 spiro atoms. The molecule has 4 saturated heterocycles. The van der Waals surface area contributed by atoms with E-state index in [1.165, 1.54) is 57.5 Å². The Morgan fingerprint density at radius 3 is 1.09 bits per heavy atom. The van der Waals surface area contributed by atoms with Crippen molar-refractivity contribution in [3.63, 3.8) is 0 Å². The lowest BCUT2D eigenvalue weighted by Crippen LogP contribution is -2.38. The Morgan fingerprint density at radius 1 is 0.466 bits per heavy atom. The number of cyclic esters (lactones) is 3. The van der Waals surface area contributed by atoms with Crippen LogP contribution in [0.1, 0.15) is 98.1 Å². The van der Waals surface area contributed by atoms with Gasteiger partial charge in [0.15, 0.2) is 5.78 Å². The van der Waals surface area contributed by atoms with Crippen molar-refractivity contribution in [1.29, 1.82) is 0 Å². The van der Waals surface area contributed by atoms with Gasteiger partial charge in [-0.1, -0.05) is 71.7 Å². The first-order valence-corrected chi connectivity index (χ1v) is 47.8. The second-order valence-corrected chi connectivity index (χ2v) is 35.2. The lowest BCUT2D eigenvalue weighted by Gasteiger charge is -2.18.